The summed E-state index contributed by atoms with van der Waals surface area (Å²) in [4.78, 5) is 10.8. The number of furan rings is 3. The maximum Gasteiger partial charge on any atom is 0.163 e. The van der Waals surface area contributed by atoms with Crippen LogP contribution in [0.2, 0.25) is 0 Å². The van der Waals surface area contributed by atoms with Crippen LogP contribution in [0, 0.1) is 0 Å². The molecule has 0 unspecified atom stereocenters. The number of amidine groups is 1. The Labute approximate surface area is 374 Å². The Morgan fingerprint density at radius 3 is 1.61 bits per heavy atom. The summed E-state index contributed by atoms with van der Waals surface area (Å²) in [7, 11) is 0. The van der Waals surface area contributed by atoms with E-state index in [0.717, 1.165) is 99.3 Å². The molecule has 0 N–H and O–H groups in total. The van der Waals surface area contributed by atoms with Gasteiger partial charge in [0.25, 0.3) is 0 Å². The number of benzene rings is 7. The van der Waals surface area contributed by atoms with Crippen LogP contribution in [-0.4, -0.2) is 11.5 Å². The largest absolute Gasteiger partial charge is 0.455 e. The lowest BCUT2D eigenvalue weighted by Gasteiger charge is -2.25. The van der Waals surface area contributed by atoms with Crippen LogP contribution in [0.4, 0.5) is 0 Å². The second kappa shape index (κ2) is 14.8. The summed E-state index contributed by atoms with van der Waals surface area (Å²) < 4.78 is 20.1. The summed E-state index contributed by atoms with van der Waals surface area (Å²) in [6, 6.07) is 46.5. The maximum atomic E-state index is 7.05. The molecule has 0 saturated carbocycles. The van der Waals surface area contributed by atoms with Crippen molar-refractivity contribution in [1.29, 1.82) is 0 Å². The Morgan fingerprint density at radius 2 is 0.984 bits per heavy atom. The highest BCUT2D eigenvalue weighted by molar-refractivity contribution is 6.20. The van der Waals surface area contributed by atoms with E-state index >= 15 is 0 Å². The predicted octanol–water partition coefficient (Wildman–Crippen LogP) is 16.9. The third-order valence-corrected chi connectivity index (χ3v) is 12.7. The number of rotatable bonds is 5. The number of aliphatic imine (C=N–C) groups is 2. The van der Waals surface area contributed by atoms with E-state index in [1.807, 2.05) is 43.3 Å². The Hall–Kier alpha value is -6.98. The zero-order valence-corrected chi connectivity index (χ0v) is 38.5. The van der Waals surface area contributed by atoms with Gasteiger partial charge >= 0.3 is 0 Å². The van der Waals surface area contributed by atoms with Crippen molar-refractivity contribution in [2.45, 2.75) is 85.5 Å². The molecule has 0 aliphatic carbocycles. The summed E-state index contributed by atoms with van der Waals surface area (Å²) in [5, 5.41) is 6.43. The van der Waals surface area contributed by atoms with E-state index in [2.05, 4.69) is 159 Å². The molecule has 0 atom stereocenters. The quantitative estimate of drug-likeness (QED) is 0.128. The fourth-order valence-electron chi connectivity index (χ4n) is 8.96. The number of fused-ring (bicyclic) bond motifs is 9. The zero-order chi connectivity index (χ0) is 44.9. The Kier molecular flexibility index (Phi) is 9.50. The van der Waals surface area contributed by atoms with Crippen molar-refractivity contribution in [3.8, 4) is 11.1 Å². The standard InChI is InChI=1S/C59H54N2O3/c1-34(36-26-28-37(29-27-36)40-20-16-21-43-41-18-12-14-24-50(41)62-52(40)43)60-56(45-23-17-22-44-42-19-13-15-25-51(42)63-53(44)45)61-35(2)46-30-38(57(3,4)5)31-47-48-32-39(58(6,7)8)33-49(59(9,10)11)55(48)64-54(46)47/h12-33H,2H2,1,3-11H3. The Balaban J connectivity index is 1.15. The van der Waals surface area contributed by atoms with Gasteiger partial charge in [-0.05, 0) is 81.8 Å². The van der Waals surface area contributed by atoms with E-state index in [1.54, 1.807) is 0 Å². The number of hydrogen-bond acceptors (Lipinski definition) is 4. The molecule has 3 aromatic heterocycles. The zero-order valence-electron chi connectivity index (χ0n) is 38.5. The molecule has 10 rings (SSSR count). The summed E-state index contributed by atoms with van der Waals surface area (Å²) in [6.45, 7) is 27.1. The van der Waals surface area contributed by atoms with Gasteiger partial charge in [0.15, 0.2) is 5.84 Å². The van der Waals surface area contributed by atoms with Crippen LogP contribution < -0.4 is 0 Å². The molecule has 5 nitrogen and oxygen atoms in total. The molecule has 0 radical (unpaired) electrons. The molecule has 3 heterocycles. The van der Waals surface area contributed by atoms with Crippen LogP contribution in [0.5, 0.6) is 0 Å². The third-order valence-electron chi connectivity index (χ3n) is 12.7. The normalized spacial score (nSPS) is 13.4. The molecule has 318 valence electrons. The van der Waals surface area contributed by atoms with Crippen molar-refractivity contribution < 1.29 is 13.3 Å². The molecular formula is C59H54N2O3. The second-order valence-corrected chi connectivity index (χ2v) is 20.4. The highest BCUT2D eigenvalue weighted by Gasteiger charge is 2.28. The van der Waals surface area contributed by atoms with Crippen molar-refractivity contribution in [3.63, 3.8) is 0 Å². The summed E-state index contributed by atoms with van der Waals surface area (Å²) in [5.74, 6) is 0.499. The van der Waals surface area contributed by atoms with E-state index < -0.39 is 0 Å². The molecule has 0 fully saturated rings. The lowest BCUT2D eigenvalue weighted by molar-refractivity contribution is 0.559. The molecule has 0 saturated heterocycles. The third kappa shape index (κ3) is 7.04. The first-order valence-corrected chi connectivity index (χ1v) is 22.2. The first-order valence-electron chi connectivity index (χ1n) is 22.2. The highest BCUT2D eigenvalue weighted by atomic mass is 16.3. The van der Waals surface area contributed by atoms with Crippen LogP contribution in [0.1, 0.15) is 103 Å². The van der Waals surface area contributed by atoms with Gasteiger partial charge in [0.1, 0.15) is 33.5 Å². The smallest absolute Gasteiger partial charge is 0.163 e. The average Bonchev–Trinajstić information content (AvgIpc) is 3.96. The Morgan fingerprint density at radius 1 is 0.453 bits per heavy atom. The fraction of sp³-hybridized carbons (Fsp3) is 0.220. The van der Waals surface area contributed by atoms with Crippen LogP contribution in [0.15, 0.2) is 163 Å². The first-order chi connectivity index (χ1) is 30.4. The number of para-hydroxylation sites is 4. The van der Waals surface area contributed by atoms with Crippen molar-refractivity contribution in [1.82, 2.24) is 0 Å². The Bertz CT molecular complexity index is 3560. The van der Waals surface area contributed by atoms with Gasteiger partial charge in [-0.1, -0.05) is 166 Å². The van der Waals surface area contributed by atoms with Gasteiger partial charge in [0, 0.05) is 54.7 Å². The minimum absolute atomic E-state index is 0.0541. The molecule has 0 aliphatic rings. The molecule has 0 bridgehead atoms. The van der Waals surface area contributed by atoms with Crippen molar-refractivity contribution >= 4 is 83.1 Å². The molecule has 0 spiro atoms. The summed E-state index contributed by atoms with van der Waals surface area (Å²) in [5.41, 5.74) is 14.3. The second-order valence-electron chi connectivity index (χ2n) is 20.4. The van der Waals surface area contributed by atoms with E-state index in [0.29, 0.717) is 11.5 Å². The highest BCUT2D eigenvalue weighted by Crippen LogP contribution is 2.44. The topological polar surface area (TPSA) is 64.1 Å². The van der Waals surface area contributed by atoms with Gasteiger partial charge < -0.3 is 13.3 Å². The van der Waals surface area contributed by atoms with Gasteiger partial charge in [-0.15, -0.1) is 0 Å². The summed E-state index contributed by atoms with van der Waals surface area (Å²) >= 11 is 0. The SMILES string of the molecule is C=C(N=C(N=C(C)c1ccc(-c2cccc3c2oc2ccccc23)cc1)c1cccc2c1oc1ccccc12)c1cc(C(C)(C)C)cc2c1oc1c(C(C)(C)C)cc(C(C)(C)C)cc12. The van der Waals surface area contributed by atoms with Gasteiger partial charge in [-0.25, -0.2) is 9.98 Å². The van der Waals surface area contributed by atoms with Crippen LogP contribution in [0.3, 0.4) is 0 Å². The van der Waals surface area contributed by atoms with Gasteiger partial charge in [0.2, 0.25) is 0 Å². The van der Waals surface area contributed by atoms with Crippen LogP contribution in [-0.2, 0) is 16.2 Å². The van der Waals surface area contributed by atoms with E-state index in [9.17, 15) is 0 Å². The monoisotopic (exact) mass is 838 g/mol. The van der Waals surface area contributed by atoms with E-state index in [4.69, 9.17) is 29.8 Å². The van der Waals surface area contributed by atoms with Crippen molar-refractivity contribution in [2.24, 2.45) is 9.98 Å². The molecule has 10 aromatic rings. The van der Waals surface area contributed by atoms with E-state index in [-0.39, 0.29) is 16.2 Å². The lowest BCUT2D eigenvalue weighted by Crippen LogP contribution is -2.16. The fourth-order valence-corrected chi connectivity index (χ4v) is 8.96. The molecule has 0 aliphatic heterocycles. The number of hydrogen-bond donors (Lipinski definition) is 0. The molecular weight excluding hydrogens is 785 g/mol. The predicted molar refractivity (Wildman–Crippen MR) is 270 cm³/mol. The van der Waals surface area contributed by atoms with Gasteiger partial charge in [-0.2, -0.15) is 0 Å². The molecule has 7 aromatic carbocycles. The molecule has 5 heteroatoms. The average molecular weight is 839 g/mol. The van der Waals surface area contributed by atoms with Crippen LogP contribution >= 0.6 is 0 Å². The lowest BCUT2D eigenvalue weighted by atomic mass is 9.79. The maximum absolute atomic E-state index is 7.05. The molecule has 64 heavy (non-hydrogen) atoms. The van der Waals surface area contributed by atoms with Gasteiger partial charge in [0.05, 0.1) is 11.3 Å². The first kappa shape index (κ1) is 41.1. The molecule has 0 amide bonds. The minimum atomic E-state index is -0.162. The summed E-state index contributed by atoms with van der Waals surface area (Å²) in [6.07, 6.45) is 0. The van der Waals surface area contributed by atoms with Crippen LogP contribution in [0.25, 0.3) is 82.6 Å². The van der Waals surface area contributed by atoms with E-state index in [1.165, 1.54) is 16.7 Å². The minimum Gasteiger partial charge on any atom is -0.455 e. The number of nitrogens with zero attached hydrogens (tertiary/aromatic N) is 2. The van der Waals surface area contributed by atoms with Gasteiger partial charge in [-0.3, -0.25) is 0 Å². The van der Waals surface area contributed by atoms with Crippen molar-refractivity contribution in [2.75, 3.05) is 0 Å². The van der Waals surface area contributed by atoms with Crippen molar-refractivity contribution in [3.05, 3.63) is 173 Å².